The molecule has 1 N–H and O–H groups in total. The smallest absolute Gasteiger partial charge is 0.241 e. The lowest BCUT2D eigenvalue weighted by Crippen LogP contribution is -2.28. The molecule has 2 aromatic carbocycles. The fourth-order valence-corrected chi connectivity index (χ4v) is 5.61. The summed E-state index contributed by atoms with van der Waals surface area (Å²) >= 11 is 0. The minimum atomic E-state index is -3.63. The molecule has 158 valence electrons. The molecule has 0 saturated carbocycles. The van der Waals surface area contributed by atoms with Crippen LogP contribution in [0.4, 0.5) is 0 Å². The maximum atomic E-state index is 13.0. The zero-order valence-electron chi connectivity index (χ0n) is 17.2. The second-order valence-corrected chi connectivity index (χ2v) is 9.53. The van der Waals surface area contributed by atoms with Gasteiger partial charge >= 0.3 is 0 Å². The second-order valence-electron chi connectivity index (χ2n) is 7.79. The summed E-state index contributed by atoms with van der Waals surface area (Å²) in [7, 11) is -3.63. The van der Waals surface area contributed by atoms with Crippen molar-refractivity contribution in [2.24, 2.45) is 0 Å². The van der Waals surface area contributed by atoms with Gasteiger partial charge in [0.25, 0.3) is 0 Å². The first kappa shape index (κ1) is 19.9. The SMILES string of the molecule is O=S(=O)(NCCn1nc(-c2ccccn2)c2c1CCCC2)c1cccc2ccccc12. The molecule has 1 aliphatic carbocycles. The lowest BCUT2D eigenvalue weighted by atomic mass is 9.95. The third-order valence-corrected chi connectivity index (χ3v) is 7.34. The van der Waals surface area contributed by atoms with Gasteiger partial charge in [0.15, 0.2) is 0 Å². The molecule has 0 unspecified atom stereocenters. The number of benzene rings is 2. The Bertz CT molecular complexity index is 1330. The maximum absolute atomic E-state index is 13.0. The summed E-state index contributed by atoms with van der Waals surface area (Å²) in [4.78, 5) is 4.78. The van der Waals surface area contributed by atoms with Gasteiger partial charge in [-0.15, -0.1) is 0 Å². The quantitative estimate of drug-likeness (QED) is 0.500. The summed E-state index contributed by atoms with van der Waals surface area (Å²) in [6.45, 7) is 0.764. The summed E-state index contributed by atoms with van der Waals surface area (Å²) in [6.07, 6.45) is 6.00. The van der Waals surface area contributed by atoms with Gasteiger partial charge in [0, 0.05) is 29.4 Å². The Hall–Kier alpha value is -3.03. The fourth-order valence-electron chi connectivity index (χ4n) is 4.36. The first-order chi connectivity index (χ1) is 15.1. The molecule has 0 spiro atoms. The van der Waals surface area contributed by atoms with E-state index in [4.69, 9.17) is 5.10 Å². The van der Waals surface area contributed by atoms with Crippen molar-refractivity contribution in [1.82, 2.24) is 19.5 Å². The highest BCUT2D eigenvalue weighted by Gasteiger charge is 2.23. The molecular weight excluding hydrogens is 408 g/mol. The highest BCUT2D eigenvalue weighted by molar-refractivity contribution is 7.89. The Balaban J connectivity index is 1.39. The molecule has 4 aromatic rings. The molecule has 2 heterocycles. The van der Waals surface area contributed by atoms with E-state index in [1.165, 1.54) is 11.3 Å². The average molecular weight is 433 g/mol. The van der Waals surface area contributed by atoms with E-state index in [0.717, 1.165) is 47.8 Å². The molecule has 7 heteroatoms. The standard InChI is InChI=1S/C24H24N4O2S/c29-31(30,23-14-7-9-18-8-1-2-10-19(18)23)26-16-17-28-22-13-4-3-11-20(22)24(27-28)21-12-5-6-15-25-21/h1-2,5-10,12,14-15,26H,3-4,11,13,16-17H2. The summed E-state index contributed by atoms with van der Waals surface area (Å²) in [6, 6.07) is 18.7. The van der Waals surface area contributed by atoms with Gasteiger partial charge < -0.3 is 0 Å². The molecule has 5 rings (SSSR count). The molecule has 1 aliphatic rings. The van der Waals surface area contributed by atoms with Gasteiger partial charge in [-0.25, -0.2) is 13.1 Å². The Labute approximate surface area is 182 Å². The third-order valence-electron chi connectivity index (χ3n) is 5.82. The number of aromatic nitrogens is 3. The topological polar surface area (TPSA) is 76.9 Å². The highest BCUT2D eigenvalue weighted by atomic mass is 32.2. The van der Waals surface area contributed by atoms with Crippen LogP contribution in [0.25, 0.3) is 22.2 Å². The Morgan fingerprint density at radius 2 is 1.74 bits per heavy atom. The molecule has 0 aliphatic heterocycles. The van der Waals surface area contributed by atoms with Crippen LogP contribution >= 0.6 is 0 Å². The molecule has 0 atom stereocenters. The van der Waals surface area contributed by atoms with Crippen molar-refractivity contribution in [2.75, 3.05) is 6.54 Å². The van der Waals surface area contributed by atoms with E-state index in [2.05, 4.69) is 9.71 Å². The van der Waals surface area contributed by atoms with Crippen LogP contribution in [-0.4, -0.2) is 29.7 Å². The molecule has 6 nitrogen and oxygen atoms in total. The largest absolute Gasteiger partial charge is 0.267 e. The number of nitrogens with one attached hydrogen (secondary N) is 1. The van der Waals surface area contributed by atoms with Crippen molar-refractivity contribution in [1.29, 1.82) is 0 Å². The van der Waals surface area contributed by atoms with E-state index in [-0.39, 0.29) is 6.54 Å². The maximum Gasteiger partial charge on any atom is 0.241 e. The van der Waals surface area contributed by atoms with Crippen molar-refractivity contribution in [3.8, 4) is 11.4 Å². The predicted octanol–water partition coefficient (Wildman–Crippen LogP) is 3.96. The van der Waals surface area contributed by atoms with Gasteiger partial charge in [0.05, 0.1) is 17.1 Å². The van der Waals surface area contributed by atoms with Crippen molar-refractivity contribution in [2.45, 2.75) is 37.1 Å². The monoisotopic (exact) mass is 432 g/mol. The molecule has 0 saturated heterocycles. The Morgan fingerprint density at radius 1 is 0.935 bits per heavy atom. The van der Waals surface area contributed by atoms with Crippen LogP contribution in [-0.2, 0) is 29.4 Å². The number of sulfonamides is 1. The van der Waals surface area contributed by atoms with Gasteiger partial charge in [-0.3, -0.25) is 9.67 Å². The van der Waals surface area contributed by atoms with Crippen LogP contribution in [0.2, 0.25) is 0 Å². The number of pyridine rings is 1. The fraction of sp³-hybridized carbons (Fsp3) is 0.250. The molecule has 0 bridgehead atoms. The normalized spacial score (nSPS) is 13.9. The zero-order chi connectivity index (χ0) is 21.3. The number of fused-ring (bicyclic) bond motifs is 2. The first-order valence-corrected chi connectivity index (χ1v) is 12.1. The van der Waals surface area contributed by atoms with E-state index in [1.807, 2.05) is 53.2 Å². The Kier molecular flexibility index (Phi) is 5.29. The molecule has 0 fully saturated rings. The lowest BCUT2D eigenvalue weighted by Gasteiger charge is -2.15. The van der Waals surface area contributed by atoms with Gasteiger partial charge in [-0.1, -0.05) is 42.5 Å². The number of hydrogen-bond donors (Lipinski definition) is 1. The predicted molar refractivity (Wildman–Crippen MR) is 121 cm³/mol. The van der Waals surface area contributed by atoms with Crippen LogP contribution in [0.3, 0.4) is 0 Å². The Morgan fingerprint density at radius 3 is 2.61 bits per heavy atom. The molecule has 0 radical (unpaired) electrons. The van der Waals surface area contributed by atoms with Crippen molar-refractivity contribution in [3.05, 3.63) is 78.1 Å². The summed E-state index contributed by atoms with van der Waals surface area (Å²) < 4.78 is 30.7. The van der Waals surface area contributed by atoms with Crippen LogP contribution in [0.15, 0.2) is 71.8 Å². The van der Waals surface area contributed by atoms with Gasteiger partial charge in [0.2, 0.25) is 10.0 Å². The van der Waals surface area contributed by atoms with Gasteiger partial charge in [-0.05, 0) is 49.3 Å². The van der Waals surface area contributed by atoms with E-state index >= 15 is 0 Å². The van der Waals surface area contributed by atoms with Gasteiger partial charge in [-0.2, -0.15) is 5.10 Å². The van der Waals surface area contributed by atoms with E-state index in [9.17, 15) is 8.42 Å². The minimum absolute atomic E-state index is 0.279. The molecule has 2 aromatic heterocycles. The highest BCUT2D eigenvalue weighted by Crippen LogP contribution is 2.30. The average Bonchev–Trinajstić information content (AvgIpc) is 3.18. The number of hydrogen-bond acceptors (Lipinski definition) is 4. The van der Waals surface area contributed by atoms with Crippen LogP contribution in [0.1, 0.15) is 24.1 Å². The van der Waals surface area contributed by atoms with E-state index in [0.29, 0.717) is 11.4 Å². The summed E-state index contributed by atoms with van der Waals surface area (Å²) in [5.41, 5.74) is 4.25. The van der Waals surface area contributed by atoms with Gasteiger partial charge in [0.1, 0.15) is 5.69 Å². The number of nitrogens with zero attached hydrogens (tertiary/aromatic N) is 3. The van der Waals surface area contributed by atoms with Crippen molar-refractivity contribution < 1.29 is 8.42 Å². The molecular formula is C24H24N4O2S. The molecule has 0 amide bonds. The summed E-state index contributed by atoms with van der Waals surface area (Å²) in [5.74, 6) is 0. The van der Waals surface area contributed by atoms with Crippen molar-refractivity contribution in [3.63, 3.8) is 0 Å². The second kappa shape index (κ2) is 8.24. The molecule has 31 heavy (non-hydrogen) atoms. The van der Waals surface area contributed by atoms with Crippen LogP contribution < -0.4 is 4.72 Å². The first-order valence-electron chi connectivity index (χ1n) is 10.6. The lowest BCUT2D eigenvalue weighted by molar-refractivity contribution is 0.539. The van der Waals surface area contributed by atoms with E-state index < -0.39 is 10.0 Å². The van der Waals surface area contributed by atoms with Crippen LogP contribution in [0.5, 0.6) is 0 Å². The van der Waals surface area contributed by atoms with E-state index in [1.54, 1.807) is 18.3 Å². The van der Waals surface area contributed by atoms with Crippen LogP contribution in [0, 0.1) is 0 Å². The zero-order valence-corrected chi connectivity index (χ0v) is 18.0. The number of rotatable bonds is 6. The van der Waals surface area contributed by atoms with Crippen molar-refractivity contribution >= 4 is 20.8 Å². The summed E-state index contributed by atoms with van der Waals surface area (Å²) in [5, 5.41) is 6.46. The minimum Gasteiger partial charge on any atom is -0.267 e. The third kappa shape index (κ3) is 3.86.